The maximum absolute atomic E-state index is 5.47. The minimum absolute atomic E-state index is 0.156. The van der Waals surface area contributed by atoms with Crippen molar-refractivity contribution >= 4 is 23.5 Å². The van der Waals surface area contributed by atoms with E-state index in [1.165, 1.54) is 0 Å². The lowest BCUT2D eigenvalue weighted by atomic mass is 10.1. The van der Waals surface area contributed by atoms with Crippen molar-refractivity contribution in [1.82, 2.24) is 5.43 Å². The molecule has 0 spiro atoms. The molecule has 0 fully saturated rings. The van der Waals surface area contributed by atoms with Crippen LogP contribution in [0.3, 0.4) is 0 Å². The van der Waals surface area contributed by atoms with Crippen LogP contribution in [0.15, 0.2) is 29.4 Å². The maximum Gasteiger partial charge on any atom is 0.184 e. The van der Waals surface area contributed by atoms with Crippen molar-refractivity contribution in [1.29, 1.82) is 0 Å². The molecule has 92 valence electrons. The summed E-state index contributed by atoms with van der Waals surface area (Å²) < 4.78 is 5.47. The van der Waals surface area contributed by atoms with Gasteiger partial charge in [-0.3, -0.25) is 5.43 Å². The molecule has 1 aromatic rings. The van der Waals surface area contributed by atoms with Gasteiger partial charge in [0, 0.05) is 6.61 Å². The number of ether oxygens (including phenoxy) is 1. The van der Waals surface area contributed by atoms with Gasteiger partial charge in [0.25, 0.3) is 0 Å². The van der Waals surface area contributed by atoms with Crippen LogP contribution in [0.25, 0.3) is 0 Å². The van der Waals surface area contributed by atoms with E-state index in [1.807, 2.05) is 24.3 Å². The molecule has 0 unspecified atom stereocenters. The summed E-state index contributed by atoms with van der Waals surface area (Å²) in [5, 5.41) is 4.05. The average molecular weight is 251 g/mol. The van der Waals surface area contributed by atoms with Gasteiger partial charge in [-0.15, -0.1) is 0 Å². The van der Waals surface area contributed by atoms with Gasteiger partial charge in [-0.25, -0.2) is 0 Å². The fourth-order valence-corrected chi connectivity index (χ4v) is 1.32. The van der Waals surface area contributed by atoms with Gasteiger partial charge >= 0.3 is 0 Å². The van der Waals surface area contributed by atoms with Gasteiger partial charge in [-0.1, -0.05) is 25.1 Å². The zero-order valence-electron chi connectivity index (χ0n) is 9.85. The van der Waals surface area contributed by atoms with Crippen molar-refractivity contribution in [2.24, 2.45) is 10.8 Å². The molecule has 1 rings (SSSR count). The second kappa shape index (κ2) is 7.76. The van der Waals surface area contributed by atoms with Gasteiger partial charge < -0.3 is 10.5 Å². The normalized spacial score (nSPS) is 10.6. The number of rotatable bonds is 6. The number of nitrogens with zero attached hydrogens (tertiary/aromatic N) is 1. The zero-order chi connectivity index (χ0) is 12.5. The quantitative estimate of drug-likeness (QED) is 0.350. The highest BCUT2D eigenvalue weighted by atomic mass is 32.1. The SMILES string of the molecule is CCCOCc1cccc(C=NNC(N)=S)c1. The minimum Gasteiger partial charge on any atom is -0.377 e. The first-order valence-corrected chi connectivity index (χ1v) is 5.88. The summed E-state index contributed by atoms with van der Waals surface area (Å²) in [5.74, 6) is 0. The highest BCUT2D eigenvalue weighted by molar-refractivity contribution is 7.80. The molecule has 3 N–H and O–H groups in total. The third-order valence-electron chi connectivity index (χ3n) is 1.96. The molecule has 0 bridgehead atoms. The number of hydrogen-bond acceptors (Lipinski definition) is 3. The molecule has 1 aromatic carbocycles. The lowest BCUT2D eigenvalue weighted by Gasteiger charge is -2.03. The van der Waals surface area contributed by atoms with Crippen molar-refractivity contribution in [3.05, 3.63) is 35.4 Å². The highest BCUT2D eigenvalue weighted by Crippen LogP contribution is 2.05. The molecule has 0 atom stereocenters. The van der Waals surface area contributed by atoms with Gasteiger partial charge in [0.2, 0.25) is 0 Å². The predicted octanol–water partition coefficient (Wildman–Crippen LogP) is 1.78. The largest absolute Gasteiger partial charge is 0.377 e. The lowest BCUT2D eigenvalue weighted by molar-refractivity contribution is 0.121. The van der Waals surface area contributed by atoms with Crippen LogP contribution in [-0.2, 0) is 11.3 Å². The summed E-state index contributed by atoms with van der Waals surface area (Å²) in [6.07, 6.45) is 2.70. The second-order valence-corrected chi connectivity index (χ2v) is 3.97. The molecule has 0 radical (unpaired) electrons. The van der Waals surface area contributed by atoms with E-state index in [2.05, 4.69) is 29.7 Å². The van der Waals surface area contributed by atoms with E-state index in [0.717, 1.165) is 24.2 Å². The topological polar surface area (TPSA) is 59.6 Å². The second-order valence-electron chi connectivity index (χ2n) is 3.53. The van der Waals surface area contributed by atoms with E-state index in [0.29, 0.717) is 6.61 Å². The summed E-state index contributed by atoms with van der Waals surface area (Å²) in [7, 11) is 0. The van der Waals surface area contributed by atoms with Crippen molar-refractivity contribution in [2.45, 2.75) is 20.0 Å². The minimum atomic E-state index is 0.156. The molecule has 0 aliphatic rings. The first-order valence-electron chi connectivity index (χ1n) is 5.47. The van der Waals surface area contributed by atoms with Gasteiger partial charge in [0.15, 0.2) is 5.11 Å². The van der Waals surface area contributed by atoms with Crippen LogP contribution in [0, 0.1) is 0 Å². The van der Waals surface area contributed by atoms with Crippen LogP contribution < -0.4 is 11.2 Å². The Kier molecular flexibility index (Phi) is 6.21. The van der Waals surface area contributed by atoms with Gasteiger partial charge in [0.05, 0.1) is 12.8 Å². The summed E-state index contributed by atoms with van der Waals surface area (Å²) in [4.78, 5) is 0. The molecule has 0 aliphatic heterocycles. The number of hydrazone groups is 1. The number of nitrogens with two attached hydrogens (primary N) is 1. The van der Waals surface area contributed by atoms with E-state index in [1.54, 1.807) is 6.21 Å². The lowest BCUT2D eigenvalue weighted by Crippen LogP contribution is -2.23. The molecule has 0 aliphatic carbocycles. The van der Waals surface area contributed by atoms with E-state index >= 15 is 0 Å². The Hall–Kier alpha value is -1.46. The van der Waals surface area contributed by atoms with Gasteiger partial charge in [-0.05, 0) is 35.8 Å². The smallest absolute Gasteiger partial charge is 0.184 e. The average Bonchev–Trinajstić information content (AvgIpc) is 2.29. The van der Waals surface area contributed by atoms with E-state index < -0.39 is 0 Å². The standard InChI is InChI=1S/C12H17N3OS/c1-2-6-16-9-11-5-3-4-10(7-11)8-14-15-12(13)17/h3-5,7-8H,2,6,9H2,1H3,(H3,13,15,17). The highest BCUT2D eigenvalue weighted by Gasteiger charge is 1.94. The van der Waals surface area contributed by atoms with Crippen LogP contribution in [0.2, 0.25) is 0 Å². The molecule has 5 heteroatoms. The summed E-state index contributed by atoms with van der Waals surface area (Å²) in [6.45, 7) is 3.49. The zero-order valence-corrected chi connectivity index (χ0v) is 10.7. The molecule has 4 nitrogen and oxygen atoms in total. The molecular formula is C12H17N3OS. The van der Waals surface area contributed by atoms with Crippen LogP contribution in [0.1, 0.15) is 24.5 Å². The van der Waals surface area contributed by atoms with E-state index in [4.69, 9.17) is 10.5 Å². The molecule has 0 heterocycles. The van der Waals surface area contributed by atoms with Gasteiger partial charge in [0.1, 0.15) is 0 Å². The maximum atomic E-state index is 5.47. The Morgan fingerprint density at radius 1 is 1.59 bits per heavy atom. The fourth-order valence-electron chi connectivity index (χ4n) is 1.27. The Morgan fingerprint density at radius 3 is 3.12 bits per heavy atom. The third-order valence-corrected chi connectivity index (χ3v) is 2.05. The Morgan fingerprint density at radius 2 is 2.41 bits per heavy atom. The van der Waals surface area contributed by atoms with Crippen LogP contribution in [0.4, 0.5) is 0 Å². The molecule has 0 saturated heterocycles. The number of benzene rings is 1. The molecule has 0 saturated carbocycles. The summed E-state index contributed by atoms with van der Waals surface area (Å²) >= 11 is 4.64. The first-order chi connectivity index (χ1) is 8.22. The van der Waals surface area contributed by atoms with Gasteiger partial charge in [-0.2, -0.15) is 5.10 Å². The molecular weight excluding hydrogens is 234 g/mol. The van der Waals surface area contributed by atoms with Crippen LogP contribution in [-0.4, -0.2) is 17.9 Å². The fraction of sp³-hybridized carbons (Fsp3) is 0.333. The van der Waals surface area contributed by atoms with Crippen LogP contribution in [0.5, 0.6) is 0 Å². The number of thiocarbonyl (C=S) groups is 1. The van der Waals surface area contributed by atoms with Crippen molar-refractivity contribution < 1.29 is 4.74 Å². The van der Waals surface area contributed by atoms with Crippen LogP contribution >= 0.6 is 12.2 Å². The predicted molar refractivity (Wildman–Crippen MR) is 73.9 cm³/mol. The van der Waals surface area contributed by atoms with E-state index in [-0.39, 0.29) is 5.11 Å². The summed E-state index contributed by atoms with van der Waals surface area (Å²) in [5.41, 5.74) is 9.87. The monoisotopic (exact) mass is 251 g/mol. The molecule has 0 aromatic heterocycles. The number of nitrogens with one attached hydrogen (secondary N) is 1. The van der Waals surface area contributed by atoms with E-state index in [9.17, 15) is 0 Å². The van der Waals surface area contributed by atoms with Crippen molar-refractivity contribution in [3.63, 3.8) is 0 Å². The molecule has 0 amide bonds. The first kappa shape index (κ1) is 13.6. The molecule has 17 heavy (non-hydrogen) atoms. The van der Waals surface area contributed by atoms with Crippen molar-refractivity contribution in [2.75, 3.05) is 6.61 Å². The Balaban J connectivity index is 2.53. The Bertz CT molecular complexity index is 393. The Labute approximate surface area is 107 Å². The third kappa shape index (κ3) is 5.99. The number of hydrogen-bond donors (Lipinski definition) is 2. The van der Waals surface area contributed by atoms with Crippen molar-refractivity contribution in [3.8, 4) is 0 Å². The summed E-state index contributed by atoms with van der Waals surface area (Å²) in [6, 6.07) is 7.95.